The second-order valence-electron chi connectivity index (χ2n) is 22.0. The fraction of sp³-hybridized carbons (Fsp3) is 0.0253. The van der Waals surface area contributed by atoms with Crippen LogP contribution in [0.15, 0.2) is 315 Å². The van der Waals surface area contributed by atoms with Crippen molar-refractivity contribution in [3.8, 4) is 61.6 Å². The van der Waals surface area contributed by atoms with Crippen molar-refractivity contribution in [2.75, 3.05) is 0 Å². The van der Waals surface area contributed by atoms with Crippen molar-refractivity contribution in [2.24, 2.45) is 0 Å². The molecule has 0 aliphatic heterocycles. The minimum atomic E-state index is -3.27. The lowest BCUT2D eigenvalue weighted by atomic mass is 9.60. The fourth-order valence-corrected chi connectivity index (χ4v) is 19.4. The van der Waals surface area contributed by atoms with Crippen LogP contribution >= 0.6 is 0 Å². The Morgan fingerprint density at radius 3 is 1.28 bits per heavy atom. The summed E-state index contributed by atoms with van der Waals surface area (Å²) in [4.78, 5) is 5.76. The lowest BCUT2D eigenvalue weighted by Crippen LogP contribution is -2.75. The average molecular weight is 1060 g/mol. The zero-order valence-corrected chi connectivity index (χ0v) is 46.1. The standard InChI is InChI=1S/C79H54N2Si/c1-6-26-53(27-7-1)56-48-57(54-28-8-2-9-29-54)50-61(49-56)82(59-32-12-4-13-33-59,60-34-14-5-15-35-60)74-47-25-44-70-76-67-40-18-19-41-68(67)79(78(70)74)77-66(42-24-43-69(76)77)62-36-16-17-37-63(62)71-51-58(55-30-10-3-11-31-55)52-75(80-71)81-72-45-22-20-38-64(72)65-39-21-23-46-73(65)81/h1-52,76,79H. The van der Waals surface area contributed by atoms with Crippen LogP contribution in [0.3, 0.4) is 0 Å². The van der Waals surface area contributed by atoms with E-state index in [2.05, 4.69) is 320 Å². The van der Waals surface area contributed by atoms with E-state index in [1.165, 1.54) is 98.3 Å². The van der Waals surface area contributed by atoms with Gasteiger partial charge < -0.3 is 0 Å². The Hall–Kier alpha value is -10.2. The van der Waals surface area contributed by atoms with Crippen LogP contribution in [0.5, 0.6) is 0 Å². The lowest BCUT2D eigenvalue weighted by Gasteiger charge is -2.47. The summed E-state index contributed by atoms with van der Waals surface area (Å²) in [5.41, 5.74) is 22.2. The summed E-state index contributed by atoms with van der Waals surface area (Å²) in [5, 5.41) is 7.93. The quantitative estimate of drug-likeness (QED) is 0.0986. The SMILES string of the molecule is c1ccc(-c2cc(-c3ccccc3)cc([Si](c3ccccc3)(c3ccccc3)c3cccc4c3C3c5ccccc5C4c4cccc(-c5ccccc5-c5cc(-c6ccccc6)cc(-n6c7ccccc7c7ccccc76)n5)c43)c2)cc1. The van der Waals surface area contributed by atoms with Gasteiger partial charge in [0.15, 0.2) is 8.07 Å². The molecular formula is C79H54N2Si. The summed E-state index contributed by atoms with van der Waals surface area (Å²) >= 11 is 0. The summed E-state index contributed by atoms with van der Waals surface area (Å²) in [6.07, 6.45) is 0. The third-order valence-electron chi connectivity index (χ3n) is 17.7. The van der Waals surface area contributed by atoms with Gasteiger partial charge >= 0.3 is 0 Å². The number of aromatic nitrogens is 2. The molecule has 3 aliphatic carbocycles. The molecule has 384 valence electrons. The summed E-state index contributed by atoms with van der Waals surface area (Å²) in [6, 6.07) is 118. The second kappa shape index (κ2) is 19.6. The Bertz CT molecular complexity index is 4590. The van der Waals surface area contributed by atoms with E-state index in [4.69, 9.17) is 4.98 Å². The van der Waals surface area contributed by atoms with Gasteiger partial charge in [-0.2, -0.15) is 0 Å². The predicted molar refractivity (Wildman–Crippen MR) is 344 cm³/mol. The van der Waals surface area contributed by atoms with Crippen molar-refractivity contribution < 1.29 is 0 Å². The van der Waals surface area contributed by atoms with Crippen molar-refractivity contribution in [3.05, 3.63) is 349 Å². The van der Waals surface area contributed by atoms with E-state index in [1.54, 1.807) is 0 Å². The Kier molecular flexibility index (Phi) is 11.4. The average Bonchev–Trinajstić information content (AvgIpc) is 2.93. The minimum absolute atomic E-state index is 0.0217. The van der Waals surface area contributed by atoms with Gasteiger partial charge in [0.1, 0.15) is 5.82 Å². The molecule has 2 bridgehead atoms. The second-order valence-corrected chi connectivity index (χ2v) is 25.8. The Balaban J connectivity index is 0.965. The third-order valence-corrected chi connectivity index (χ3v) is 22.5. The van der Waals surface area contributed by atoms with Crippen molar-refractivity contribution in [1.29, 1.82) is 0 Å². The molecule has 14 aromatic rings. The van der Waals surface area contributed by atoms with Gasteiger partial charge in [0.2, 0.25) is 0 Å². The van der Waals surface area contributed by atoms with Crippen LogP contribution in [0.4, 0.5) is 0 Å². The van der Waals surface area contributed by atoms with E-state index in [0.717, 1.165) is 39.2 Å². The number of benzene rings is 12. The molecule has 2 heterocycles. The number of rotatable bonds is 10. The maximum Gasteiger partial charge on any atom is 0.179 e. The lowest BCUT2D eigenvalue weighted by molar-refractivity contribution is 0.760. The van der Waals surface area contributed by atoms with Crippen LogP contribution < -0.4 is 20.7 Å². The molecule has 2 unspecified atom stereocenters. The van der Waals surface area contributed by atoms with Crippen LogP contribution in [0, 0.1) is 0 Å². The molecule has 0 saturated carbocycles. The van der Waals surface area contributed by atoms with Gasteiger partial charge in [-0.05, 0) is 129 Å². The highest BCUT2D eigenvalue weighted by Gasteiger charge is 2.50. The van der Waals surface area contributed by atoms with Gasteiger partial charge in [0.25, 0.3) is 0 Å². The zero-order valence-electron chi connectivity index (χ0n) is 45.1. The zero-order chi connectivity index (χ0) is 54.1. The molecule has 0 fully saturated rings. The number of pyridine rings is 1. The number of hydrogen-bond acceptors (Lipinski definition) is 1. The van der Waals surface area contributed by atoms with Crippen LogP contribution in [0.25, 0.3) is 83.4 Å². The van der Waals surface area contributed by atoms with Crippen molar-refractivity contribution in [1.82, 2.24) is 9.55 Å². The number of fused-ring (bicyclic) bond motifs is 3. The van der Waals surface area contributed by atoms with Gasteiger partial charge in [0, 0.05) is 28.2 Å². The van der Waals surface area contributed by atoms with E-state index in [-0.39, 0.29) is 11.8 Å². The van der Waals surface area contributed by atoms with Crippen molar-refractivity contribution in [2.45, 2.75) is 11.8 Å². The van der Waals surface area contributed by atoms with E-state index in [0.29, 0.717) is 0 Å². The minimum Gasteiger partial charge on any atom is -0.294 e. The normalized spacial score (nSPS) is 14.1. The highest BCUT2D eigenvalue weighted by molar-refractivity contribution is 7.20. The summed E-state index contributed by atoms with van der Waals surface area (Å²) < 4.78 is 2.36. The molecule has 82 heavy (non-hydrogen) atoms. The van der Waals surface area contributed by atoms with Crippen molar-refractivity contribution >= 4 is 50.6 Å². The first kappa shape index (κ1) is 47.8. The van der Waals surface area contributed by atoms with Gasteiger partial charge in [-0.1, -0.05) is 285 Å². The van der Waals surface area contributed by atoms with E-state index < -0.39 is 8.07 Å². The molecule has 0 saturated heterocycles. The first-order chi connectivity index (χ1) is 40.7. The third kappa shape index (κ3) is 7.51. The van der Waals surface area contributed by atoms with Gasteiger partial charge in [0.05, 0.1) is 16.7 Å². The monoisotopic (exact) mass is 1060 g/mol. The predicted octanol–water partition coefficient (Wildman–Crippen LogP) is 16.9. The van der Waals surface area contributed by atoms with Crippen LogP contribution in [-0.2, 0) is 0 Å². The number of hydrogen-bond donors (Lipinski definition) is 0. The first-order valence-electron chi connectivity index (χ1n) is 28.6. The molecule has 3 heteroatoms. The van der Waals surface area contributed by atoms with Gasteiger partial charge in [-0.15, -0.1) is 0 Å². The van der Waals surface area contributed by atoms with Crippen LogP contribution in [-0.4, -0.2) is 17.6 Å². The molecule has 0 spiro atoms. The van der Waals surface area contributed by atoms with E-state index >= 15 is 0 Å². The molecule has 0 N–H and O–H groups in total. The highest BCUT2D eigenvalue weighted by atomic mass is 28.3. The molecule has 12 aromatic carbocycles. The maximum atomic E-state index is 5.76. The summed E-state index contributed by atoms with van der Waals surface area (Å²) in [5.74, 6) is 0.835. The number of nitrogens with zero attached hydrogens (tertiary/aromatic N) is 2. The smallest absolute Gasteiger partial charge is 0.179 e. The molecule has 0 radical (unpaired) electrons. The van der Waals surface area contributed by atoms with E-state index in [9.17, 15) is 0 Å². The number of para-hydroxylation sites is 2. The largest absolute Gasteiger partial charge is 0.294 e. The van der Waals surface area contributed by atoms with Crippen LogP contribution in [0.2, 0.25) is 0 Å². The summed E-state index contributed by atoms with van der Waals surface area (Å²) in [6.45, 7) is 0. The molecule has 3 aliphatic rings. The molecule has 2 aromatic heterocycles. The van der Waals surface area contributed by atoms with Gasteiger partial charge in [-0.3, -0.25) is 4.57 Å². The summed E-state index contributed by atoms with van der Waals surface area (Å²) in [7, 11) is -3.27. The van der Waals surface area contributed by atoms with Gasteiger partial charge in [-0.25, -0.2) is 4.98 Å². The van der Waals surface area contributed by atoms with Crippen LogP contribution in [0.1, 0.15) is 45.2 Å². The molecule has 0 amide bonds. The molecule has 2 nitrogen and oxygen atoms in total. The molecular weight excluding hydrogens is 1000 g/mol. The topological polar surface area (TPSA) is 17.8 Å². The van der Waals surface area contributed by atoms with Crippen molar-refractivity contribution in [3.63, 3.8) is 0 Å². The maximum absolute atomic E-state index is 5.76. The Morgan fingerprint density at radius 1 is 0.280 bits per heavy atom. The highest BCUT2D eigenvalue weighted by Crippen LogP contribution is 2.58. The molecule has 17 rings (SSSR count). The Morgan fingerprint density at radius 2 is 0.707 bits per heavy atom. The molecule has 2 atom stereocenters. The van der Waals surface area contributed by atoms with E-state index in [1.807, 2.05) is 0 Å². The Labute approximate surface area is 479 Å². The fourth-order valence-electron chi connectivity index (χ4n) is 14.3. The first-order valence-corrected chi connectivity index (χ1v) is 30.6.